The van der Waals surface area contributed by atoms with E-state index in [9.17, 15) is 21.6 Å². The summed E-state index contributed by atoms with van der Waals surface area (Å²) in [6.45, 7) is 0.326. The summed E-state index contributed by atoms with van der Waals surface area (Å²) in [7, 11) is -3.78. The molecule has 0 fully saturated rings. The van der Waals surface area contributed by atoms with Crippen LogP contribution in [0, 0.1) is 5.41 Å². The van der Waals surface area contributed by atoms with E-state index in [-0.39, 0.29) is 36.1 Å². The number of rotatable bonds is 8. The Morgan fingerprint density at radius 3 is 2.67 bits per heavy atom. The van der Waals surface area contributed by atoms with Crippen LogP contribution in [0.15, 0.2) is 28.9 Å². The summed E-state index contributed by atoms with van der Waals surface area (Å²) in [6, 6.07) is 4.34. The number of benzene rings is 1. The molecule has 0 atom stereocenters. The lowest BCUT2D eigenvalue weighted by atomic mass is 10.2. The van der Waals surface area contributed by atoms with Crippen LogP contribution in [0.25, 0.3) is 0 Å². The largest absolute Gasteiger partial charge is 0.416 e. The summed E-state index contributed by atoms with van der Waals surface area (Å²) in [6.07, 6.45) is -4.16. The van der Waals surface area contributed by atoms with E-state index in [2.05, 4.69) is 30.3 Å². The zero-order valence-corrected chi connectivity index (χ0v) is 14.5. The molecule has 0 bridgehead atoms. The lowest BCUT2D eigenvalue weighted by Crippen LogP contribution is -2.32. The van der Waals surface area contributed by atoms with Crippen LogP contribution in [0.2, 0.25) is 0 Å². The monoisotopic (exact) mass is 407 g/mol. The molecular formula is C13H16F3N7O3S. The molecule has 0 spiro atoms. The molecule has 1 heterocycles. The van der Waals surface area contributed by atoms with Gasteiger partial charge in [-0.3, -0.25) is 5.41 Å². The molecule has 14 heteroatoms. The normalized spacial score (nSPS) is 12.0. The minimum absolute atomic E-state index is 0.0427. The van der Waals surface area contributed by atoms with Gasteiger partial charge in [0, 0.05) is 18.8 Å². The Morgan fingerprint density at radius 1 is 1.26 bits per heavy atom. The summed E-state index contributed by atoms with van der Waals surface area (Å²) < 4.78 is 66.3. The maximum Gasteiger partial charge on any atom is 0.416 e. The van der Waals surface area contributed by atoms with Gasteiger partial charge in [-0.15, -0.1) is 0 Å². The molecule has 0 aliphatic rings. The molecular weight excluding hydrogens is 391 g/mol. The van der Waals surface area contributed by atoms with E-state index < -0.39 is 21.9 Å². The standard InChI is InChI=1S/C13H16F3N7O3S/c14-13(15,16)8-3-1-4-9(7-8)21-11(17)10-12(23-26-22-10)19-5-2-6-20-27(18,24)25/h1,3-4,7,20H,2,5-6H2,(H2,17,21)(H,19,23)(H2,18,24,25). The number of hydrogen-bond donors (Lipinski definition) is 5. The van der Waals surface area contributed by atoms with E-state index in [1.54, 1.807) is 0 Å². The van der Waals surface area contributed by atoms with Crippen molar-refractivity contribution in [2.75, 3.05) is 23.7 Å². The summed E-state index contributed by atoms with van der Waals surface area (Å²) in [5, 5.41) is 25.1. The molecule has 0 saturated carbocycles. The van der Waals surface area contributed by atoms with Crippen LogP contribution in [0.5, 0.6) is 0 Å². The number of amidine groups is 1. The third-order valence-corrected chi connectivity index (χ3v) is 3.74. The number of anilines is 2. The van der Waals surface area contributed by atoms with Crippen LogP contribution >= 0.6 is 0 Å². The Bertz CT molecular complexity index is 899. The van der Waals surface area contributed by atoms with Crippen molar-refractivity contribution in [3.63, 3.8) is 0 Å². The minimum Gasteiger partial charge on any atom is -0.365 e. The maximum atomic E-state index is 12.7. The van der Waals surface area contributed by atoms with E-state index in [0.717, 1.165) is 12.1 Å². The summed E-state index contributed by atoms with van der Waals surface area (Å²) in [5.41, 5.74) is -0.868. The van der Waals surface area contributed by atoms with Gasteiger partial charge < -0.3 is 10.6 Å². The van der Waals surface area contributed by atoms with Gasteiger partial charge in [-0.05, 0) is 34.9 Å². The second-order valence-electron chi connectivity index (χ2n) is 5.26. The predicted octanol–water partition coefficient (Wildman–Crippen LogP) is 1.12. The highest BCUT2D eigenvalue weighted by Gasteiger charge is 2.30. The summed E-state index contributed by atoms with van der Waals surface area (Å²) >= 11 is 0. The molecule has 6 N–H and O–H groups in total. The number of nitrogens with zero attached hydrogens (tertiary/aromatic N) is 2. The molecule has 0 amide bonds. The van der Waals surface area contributed by atoms with Crippen molar-refractivity contribution in [3.05, 3.63) is 35.5 Å². The molecule has 1 aromatic heterocycles. The SMILES string of the molecule is N=C(Nc1cccc(C(F)(F)F)c1)c1nonc1NCCCNS(N)(=O)=O. The van der Waals surface area contributed by atoms with Gasteiger partial charge in [0.25, 0.3) is 10.2 Å². The van der Waals surface area contributed by atoms with Crippen molar-refractivity contribution < 1.29 is 26.2 Å². The summed E-state index contributed by atoms with van der Waals surface area (Å²) in [4.78, 5) is 0. The minimum atomic E-state index is -4.51. The molecule has 148 valence electrons. The van der Waals surface area contributed by atoms with E-state index in [4.69, 9.17) is 10.5 Å². The molecule has 2 rings (SSSR count). The number of aromatic nitrogens is 2. The third kappa shape index (κ3) is 6.50. The lowest BCUT2D eigenvalue weighted by molar-refractivity contribution is -0.137. The predicted molar refractivity (Wildman–Crippen MR) is 90.4 cm³/mol. The van der Waals surface area contributed by atoms with Gasteiger partial charge in [-0.25, -0.2) is 14.5 Å². The van der Waals surface area contributed by atoms with Gasteiger partial charge in [-0.2, -0.15) is 21.6 Å². The Morgan fingerprint density at radius 2 is 2.00 bits per heavy atom. The third-order valence-electron chi connectivity index (χ3n) is 3.13. The van der Waals surface area contributed by atoms with Crippen molar-refractivity contribution >= 4 is 27.6 Å². The van der Waals surface area contributed by atoms with Gasteiger partial charge in [0.05, 0.1) is 5.56 Å². The Balaban J connectivity index is 1.95. The zero-order valence-electron chi connectivity index (χ0n) is 13.7. The quantitative estimate of drug-likeness (QED) is 0.249. The first-order valence-electron chi connectivity index (χ1n) is 7.43. The molecule has 0 unspecified atom stereocenters. The fourth-order valence-corrected chi connectivity index (χ4v) is 2.38. The van der Waals surface area contributed by atoms with Crippen LogP contribution in [0.4, 0.5) is 24.7 Å². The molecule has 0 radical (unpaired) electrons. The van der Waals surface area contributed by atoms with Gasteiger partial charge in [-0.1, -0.05) is 6.07 Å². The maximum absolute atomic E-state index is 12.7. The van der Waals surface area contributed by atoms with Crippen LogP contribution in [0.3, 0.4) is 0 Å². The molecule has 10 nitrogen and oxygen atoms in total. The lowest BCUT2D eigenvalue weighted by Gasteiger charge is -2.11. The van der Waals surface area contributed by atoms with Crippen LogP contribution in [-0.2, 0) is 16.4 Å². The molecule has 0 saturated heterocycles. The second-order valence-corrected chi connectivity index (χ2v) is 6.64. The van der Waals surface area contributed by atoms with Crippen molar-refractivity contribution in [1.82, 2.24) is 15.0 Å². The van der Waals surface area contributed by atoms with Crippen molar-refractivity contribution in [2.24, 2.45) is 5.14 Å². The van der Waals surface area contributed by atoms with Gasteiger partial charge >= 0.3 is 6.18 Å². The fourth-order valence-electron chi connectivity index (χ4n) is 1.95. The number of hydrogen-bond acceptors (Lipinski definition) is 7. The number of halogens is 3. The van der Waals surface area contributed by atoms with Crippen molar-refractivity contribution in [3.8, 4) is 0 Å². The van der Waals surface area contributed by atoms with Crippen molar-refractivity contribution in [2.45, 2.75) is 12.6 Å². The van der Waals surface area contributed by atoms with Crippen LogP contribution in [0.1, 0.15) is 17.7 Å². The molecule has 0 aliphatic heterocycles. The smallest absolute Gasteiger partial charge is 0.365 e. The first-order chi connectivity index (χ1) is 12.6. The van der Waals surface area contributed by atoms with Crippen LogP contribution < -0.4 is 20.5 Å². The Hall–Kier alpha value is -2.71. The number of nitrogens with one attached hydrogen (secondary N) is 4. The Labute approximate surface area is 152 Å². The molecule has 0 aliphatic carbocycles. The highest BCUT2D eigenvalue weighted by Crippen LogP contribution is 2.30. The average Bonchev–Trinajstić information content (AvgIpc) is 3.01. The van der Waals surface area contributed by atoms with Gasteiger partial charge in [0.1, 0.15) is 0 Å². The van der Waals surface area contributed by atoms with E-state index in [1.165, 1.54) is 12.1 Å². The first-order valence-corrected chi connectivity index (χ1v) is 8.98. The molecule has 2 aromatic rings. The van der Waals surface area contributed by atoms with Gasteiger partial charge in [0.15, 0.2) is 11.5 Å². The molecule has 1 aromatic carbocycles. The average molecular weight is 407 g/mol. The van der Waals surface area contributed by atoms with E-state index >= 15 is 0 Å². The summed E-state index contributed by atoms with van der Waals surface area (Å²) in [5.74, 6) is -0.254. The zero-order chi connectivity index (χ0) is 20.1. The topological polar surface area (TPSA) is 159 Å². The van der Waals surface area contributed by atoms with Crippen LogP contribution in [-0.4, -0.2) is 37.7 Å². The number of alkyl halides is 3. The highest BCUT2D eigenvalue weighted by atomic mass is 32.2. The van der Waals surface area contributed by atoms with Crippen molar-refractivity contribution in [1.29, 1.82) is 5.41 Å². The first kappa shape index (κ1) is 20.6. The highest BCUT2D eigenvalue weighted by molar-refractivity contribution is 7.87. The van der Waals surface area contributed by atoms with E-state index in [0.29, 0.717) is 6.42 Å². The number of nitrogens with two attached hydrogens (primary N) is 1. The fraction of sp³-hybridized carbons (Fsp3) is 0.308. The second kappa shape index (κ2) is 8.32. The van der Waals surface area contributed by atoms with Gasteiger partial charge in [0.2, 0.25) is 5.82 Å². The van der Waals surface area contributed by atoms with E-state index in [1.807, 2.05) is 0 Å². The Kier molecular flexibility index (Phi) is 6.35. The molecule has 27 heavy (non-hydrogen) atoms.